The monoisotopic (exact) mass is 1800 g/mol. The predicted octanol–water partition coefficient (Wildman–Crippen LogP) is -4.61. The van der Waals surface area contributed by atoms with Crippen LogP contribution in [0.15, 0.2) is 78.9 Å². The van der Waals surface area contributed by atoms with Crippen LogP contribution in [0.2, 0.25) is 0 Å². The lowest BCUT2D eigenvalue weighted by Gasteiger charge is -2.19. The van der Waals surface area contributed by atoms with E-state index in [0.717, 1.165) is 73.1 Å². The summed E-state index contributed by atoms with van der Waals surface area (Å²) in [5.41, 5.74) is -0.577. The fourth-order valence-corrected chi connectivity index (χ4v) is 17.6. The van der Waals surface area contributed by atoms with Gasteiger partial charge in [-0.25, -0.2) is 28.8 Å². The fraction of sp³-hybridized carbons (Fsp3) is 0.635. The maximum atomic E-state index is 12.1. The van der Waals surface area contributed by atoms with Crippen LogP contribution in [0.25, 0.3) is 0 Å². The molecule has 41 nitrogen and oxygen atoms in total. The van der Waals surface area contributed by atoms with Crippen molar-refractivity contribution in [2.24, 2.45) is 12.8 Å². The normalized spacial score (nSPS) is 27.4. The van der Waals surface area contributed by atoms with Crippen LogP contribution in [-0.2, 0) is 62.8 Å². The first-order chi connectivity index (χ1) is 55.4. The lowest BCUT2D eigenvalue weighted by atomic mass is 10.0. The molecule has 5 fully saturated rings. The second kappa shape index (κ2) is 42.6. The molecule has 17 N–H and O–H groups in total. The van der Waals surface area contributed by atoms with Crippen LogP contribution in [0.1, 0.15) is 85.4 Å². The van der Waals surface area contributed by atoms with Crippen molar-refractivity contribution in [2.75, 3.05) is 118 Å². The Labute approximate surface area is 689 Å². The number of methoxy groups -OCH3 is 2. The highest BCUT2D eigenvalue weighted by Gasteiger charge is 2.49. The van der Waals surface area contributed by atoms with Gasteiger partial charge in [0.05, 0.1) is 62.9 Å². The van der Waals surface area contributed by atoms with Gasteiger partial charge < -0.3 is 99.7 Å². The molecule has 120 heavy (non-hydrogen) atoms. The molecule has 0 amide bonds. The van der Waals surface area contributed by atoms with Gasteiger partial charge in [0.1, 0.15) is 67.1 Å². The molecule has 5 aromatic heterocycles. The van der Waals surface area contributed by atoms with Gasteiger partial charge in [-0.15, -0.1) is 65.9 Å². The molecule has 5 aromatic rings. The number of hydrogen-bond acceptors (Lipinski definition) is 31. The molecule has 46 heteroatoms. The summed E-state index contributed by atoms with van der Waals surface area (Å²) in [4.78, 5) is 152. The average Bonchev–Trinajstić information content (AvgIpc) is 1.64. The predicted molar refractivity (Wildman–Crippen MR) is 464 cm³/mol. The second-order valence-corrected chi connectivity index (χ2v) is 55.1. The van der Waals surface area contributed by atoms with E-state index < -0.39 is 232 Å². The number of aliphatic hydroxyl groups is 10. The Morgan fingerprint density at radius 2 is 0.733 bits per heavy atom. The van der Waals surface area contributed by atoms with Crippen molar-refractivity contribution in [3.05, 3.63) is 157 Å². The van der Waals surface area contributed by atoms with Gasteiger partial charge in [-0.1, -0.05) is 0 Å². The van der Waals surface area contributed by atoms with Crippen molar-refractivity contribution >= 4 is 77.9 Å². The van der Waals surface area contributed by atoms with Crippen molar-refractivity contribution < 1.29 is 98.5 Å². The minimum Gasteiger partial charge on any atom is -0.475 e. The van der Waals surface area contributed by atoms with E-state index in [2.05, 4.69) is 101 Å². The van der Waals surface area contributed by atoms with E-state index in [1.54, 1.807) is 6.92 Å². The smallest absolute Gasteiger partial charge is 0.343 e. The number of nitrogens with two attached hydrogens (primary N) is 1. The number of rotatable bonds is 26. The third kappa shape index (κ3) is 28.0. The average molecular weight is 1800 g/mol. The van der Waals surface area contributed by atoms with E-state index in [0.29, 0.717) is 37.7 Å². The molecular formula is C74H120N11O30P5. The van der Waals surface area contributed by atoms with Crippen molar-refractivity contribution in [1.82, 2.24) is 47.8 Å². The van der Waals surface area contributed by atoms with Crippen LogP contribution in [0.3, 0.4) is 0 Å². The zero-order valence-electron chi connectivity index (χ0n) is 69.8. The summed E-state index contributed by atoms with van der Waals surface area (Å²) in [5, 5.41) is 102. The molecule has 5 unspecified atom stereocenters. The summed E-state index contributed by atoms with van der Waals surface area (Å²) in [6, 6.07) is 0. The first-order valence-electron chi connectivity index (χ1n) is 38.0. The van der Waals surface area contributed by atoms with Crippen LogP contribution in [0, 0.1) is 6.92 Å². The summed E-state index contributed by atoms with van der Waals surface area (Å²) in [6.07, 6.45) is 12.3. The molecule has 10 heterocycles. The topological polar surface area (TPSA) is 611 Å². The largest absolute Gasteiger partial charge is 0.475 e. The Morgan fingerprint density at radius 1 is 0.425 bits per heavy atom. The van der Waals surface area contributed by atoms with E-state index in [1.807, 2.05) is 31.6 Å². The molecule has 5 aliphatic heterocycles. The quantitative estimate of drug-likeness (QED) is 0.0183. The molecule has 0 saturated carbocycles. The Bertz CT molecular complexity index is 5240. The molecule has 5 aliphatic rings. The number of aryl methyl sites for hydroxylation is 1. The van der Waals surface area contributed by atoms with Crippen LogP contribution < -0.4 is 66.7 Å². The van der Waals surface area contributed by atoms with E-state index in [4.69, 9.17) is 34.2 Å². The molecule has 10 rings (SSSR count). The van der Waals surface area contributed by atoms with Gasteiger partial charge in [-0.05, 0) is 136 Å². The molecule has 5 saturated heterocycles. The first kappa shape index (κ1) is 102. The minimum atomic E-state index is -1.38. The number of hydrogen-bond donors (Lipinski definition) is 16. The lowest BCUT2D eigenvalue weighted by Crippen LogP contribution is -2.39. The highest BCUT2D eigenvalue weighted by Crippen LogP contribution is 2.44. The van der Waals surface area contributed by atoms with Crippen molar-refractivity contribution in [1.29, 1.82) is 0 Å². The number of nitrogens with one attached hydrogen (secondary N) is 5. The highest BCUT2D eigenvalue weighted by atomic mass is 31.2. The van der Waals surface area contributed by atoms with Crippen LogP contribution in [-0.4, -0.2) is 352 Å². The first-order valence-corrected chi connectivity index (χ1v) is 53.2. The maximum absolute atomic E-state index is 12.1. The number of esters is 2. The van der Waals surface area contributed by atoms with E-state index in [-0.39, 0.29) is 35.4 Å². The summed E-state index contributed by atoms with van der Waals surface area (Å²) < 4.78 is 47.4. The Morgan fingerprint density at radius 3 is 1.08 bits per heavy atom. The molecule has 0 radical (unpaired) electrons. The number of carbonyl (C=O) groups excluding carboxylic acids is 2. The highest BCUT2D eigenvalue weighted by molar-refractivity contribution is 7.73. The molecule has 0 spiro atoms. The maximum Gasteiger partial charge on any atom is 0.343 e. The van der Waals surface area contributed by atoms with E-state index in [1.165, 1.54) is 32.7 Å². The third-order valence-corrected chi connectivity index (χ3v) is 27.3. The van der Waals surface area contributed by atoms with Gasteiger partial charge >= 0.3 is 40.4 Å². The van der Waals surface area contributed by atoms with Gasteiger partial charge in [0.15, 0.2) is 31.5 Å². The van der Waals surface area contributed by atoms with Crippen molar-refractivity contribution in [2.45, 2.75) is 175 Å². The van der Waals surface area contributed by atoms with Crippen molar-refractivity contribution in [3.63, 3.8) is 0 Å². The van der Waals surface area contributed by atoms with Gasteiger partial charge in [-0.2, -0.15) is 0 Å². The molecule has 20 atom stereocenters. The second-order valence-electron chi connectivity index (χ2n) is 33.5. The number of carbonyl (C=O) groups is 2. The minimum absolute atomic E-state index is 0.00462. The van der Waals surface area contributed by atoms with Crippen LogP contribution in [0.4, 0.5) is 0 Å². The number of H-pyrrole nitrogens is 5. The van der Waals surface area contributed by atoms with Gasteiger partial charge in [-0.3, -0.25) is 71.5 Å². The number of aromatic amines is 5. The number of aliphatic hydroxyl groups excluding tert-OH is 10. The molecule has 0 aliphatic carbocycles. The lowest BCUT2D eigenvalue weighted by molar-refractivity contribution is -0.143. The summed E-state index contributed by atoms with van der Waals surface area (Å²) in [6.45, 7) is 15.1. The SMILES string of the molecule is C=P(C)(C)CC[C@H]1OC(c2c[nH]c(=O)n(C)c2=O)[C@H](O)[C@@H]1O.C=P(C)(C)CC[C@H]1OC(n2cc(C)c(=O)[nH]c2=O)[C@H](O)[C@@H]1O.C=P(C)(C)CC[C@H]1OC(n2cc(CC(=O)OC)c(=O)[nH]c2=O)[C@H](O)[C@@H]1O.C=P(C)(C)CC[C@H]1OC(n2cc(CN)c(=O)[nH]c2=O)[C@H](O)[C@@H]1O.C=P(C)(C)CC[C@H]1OC(n2cc(OCC(=O)OC)c(=O)[nH]c2=O)[C@H](O)[C@@H]1O. The molecule has 676 valence electrons. The fourth-order valence-electron chi connectivity index (χ4n) is 12.9. The summed E-state index contributed by atoms with van der Waals surface area (Å²) in [7, 11) is 3.69. The Kier molecular flexibility index (Phi) is 36.1. The third-order valence-electron chi connectivity index (χ3n) is 19.9. The summed E-state index contributed by atoms with van der Waals surface area (Å²) in [5.74, 6) is -1.68. The molecule has 0 aromatic carbocycles. The van der Waals surface area contributed by atoms with Gasteiger partial charge in [0.2, 0.25) is 5.75 Å². The number of ether oxygens (including phenoxy) is 8. The van der Waals surface area contributed by atoms with E-state index >= 15 is 0 Å². The van der Waals surface area contributed by atoms with E-state index in [9.17, 15) is 109 Å². The Balaban J connectivity index is 0.000000233. The van der Waals surface area contributed by atoms with Gasteiger partial charge in [0.25, 0.3) is 27.8 Å². The number of aromatic nitrogens is 10. The zero-order valence-corrected chi connectivity index (χ0v) is 74.3. The van der Waals surface area contributed by atoms with Crippen LogP contribution >= 0.6 is 34.4 Å². The standard InChI is InChI=1S/C16H25N2O8P.C16H25N2O7P.C14H24N3O5P.2C14H23N2O5P/c1-24-11(19)8-25-10-7-18(16(23)17-14(10)22)15-13(21)12(20)9(26-15)5-6-27(2,3)4;1-24-11(19)7-9-8-18(16(23)17-14(9)22)15-13(21)12(20)10(25-15)5-6-26(2,3)4;1-23(2,3)5-4-9-10(18)11(19)13(22-9)17-7-8(6-15)12(20)16-14(17)21;1-16-13(19)8(7-15-14(16)20)12-11(18)10(17)9(21-12)5-6-22(2,3)4;1-8-7-16(14(20)15-12(8)19)13-11(18)10(17)9(21-13)5-6-22(2,3)4/h7,9,12-13,15,20-21H,2,5-6,8H2,1,3-4H3,(H,17,22,23);8,10,12-13,15,20-21H,2,5-7H2,1,3-4H3,(H,17,22,23);7,9-11,13,18-19H,1,4-6,15H2,2-3H3,(H,16,20,21);7,9-12,17-18H,2,5-6H2,1,3-4H3,(H,15,20);7,9-11,13,17-18H,2,5-6H2,1,3-4H3,(H,15,19,20)/t9-,12-,13-,15?;10-,12-,13-,15?;9-,10-,11-,13?;9-,10-,11-,12?;9-,10-,11-,13?/m11111/s1. The Hall–Kier alpha value is -7.00. The molecule has 0 bridgehead atoms. The van der Waals surface area contributed by atoms with Crippen LogP contribution in [0.5, 0.6) is 5.75 Å². The molecular weight excluding hydrogens is 1680 g/mol. The zero-order chi connectivity index (χ0) is 90.7. The van der Waals surface area contributed by atoms with Crippen molar-refractivity contribution in [3.8, 4) is 5.75 Å². The van der Waals surface area contributed by atoms with Gasteiger partial charge in [0, 0.05) is 55.1 Å². The number of nitrogens with zero attached hydrogens (tertiary/aromatic N) is 5. The summed E-state index contributed by atoms with van der Waals surface area (Å²) >= 11 is 0.